The number of nitrogens with zero attached hydrogens (tertiary/aromatic N) is 2. The van der Waals surface area contributed by atoms with Crippen LogP contribution in [0.5, 0.6) is 0 Å². The number of rotatable bonds is 5. The minimum atomic E-state index is -3.79. The SMILES string of the molecule is CC.CNS(=O)(=O)c1cc(N(C)N=C(C)C)ccc1C(=O)OC.[I][V]([I])[I]. The van der Waals surface area contributed by atoms with Gasteiger partial charge in [-0.3, -0.25) is 5.01 Å². The number of anilines is 1. The molecule has 0 unspecified atom stereocenters. The van der Waals surface area contributed by atoms with Crippen molar-refractivity contribution in [2.75, 3.05) is 26.2 Å². The average Bonchev–Trinajstić information content (AvgIpc) is 2.61. The van der Waals surface area contributed by atoms with E-state index in [0.717, 1.165) is 5.71 Å². The summed E-state index contributed by atoms with van der Waals surface area (Å²) in [5, 5.41) is 5.74. The maximum atomic E-state index is 12.1. The normalized spacial score (nSPS) is 10.0. The number of methoxy groups -OCH3 is 1. The number of halogens is 3. The molecular weight excluding hydrogens is 750 g/mol. The first-order valence-corrected chi connectivity index (χ1v) is 22.6. The first kappa shape index (κ1) is 30.0. The molecule has 1 N–H and O–H groups in total. The molecule has 0 aliphatic heterocycles. The number of nitrogens with one attached hydrogen (secondary N) is 1. The molecular formula is C15H25I3N3O4SV. The molecule has 0 aliphatic carbocycles. The molecule has 7 nitrogen and oxygen atoms in total. The van der Waals surface area contributed by atoms with Crippen molar-refractivity contribution in [2.24, 2.45) is 5.10 Å². The topological polar surface area (TPSA) is 88.1 Å². The van der Waals surface area contributed by atoms with Crippen molar-refractivity contribution in [1.29, 1.82) is 0 Å². The Balaban J connectivity index is 0. The fraction of sp³-hybridized carbons (Fsp3) is 0.467. The van der Waals surface area contributed by atoms with Gasteiger partial charge in [0.2, 0.25) is 10.0 Å². The van der Waals surface area contributed by atoms with Crippen molar-refractivity contribution in [1.82, 2.24) is 4.72 Å². The van der Waals surface area contributed by atoms with Crippen molar-refractivity contribution < 1.29 is 22.9 Å². The third-order valence-electron chi connectivity index (χ3n) is 2.65. The van der Waals surface area contributed by atoms with Gasteiger partial charge < -0.3 is 4.74 Å². The summed E-state index contributed by atoms with van der Waals surface area (Å²) in [5.41, 5.74) is 1.33. The predicted molar refractivity (Wildman–Crippen MR) is 135 cm³/mol. The molecule has 0 atom stereocenters. The van der Waals surface area contributed by atoms with Gasteiger partial charge in [-0.15, -0.1) is 0 Å². The summed E-state index contributed by atoms with van der Waals surface area (Å²) in [6.07, 6.45) is 0. The van der Waals surface area contributed by atoms with Gasteiger partial charge in [0.15, 0.2) is 0 Å². The number of hydrogen-bond donors (Lipinski definition) is 1. The van der Waals surface area contributed by atoms with Gasteiger partial charge in [0.1, 0.15) is 0 Å². The molecule has 0 saturated heterocycles. The fourth-order valence-electron chi connectivity index (χ4n) is 1.68. The molecule has 0 saturated carbocycles. The van der Waals surface area contributed by atoms with E-state index in [1.807, 2.05) is 27.7 Å². The average molecular weight is 775 g/mol. The summed E-state index contributed by atoms with van der Waals surface area (Å²) in [4.78, 5) is 11.3. The van der Waals surface area contributed by atoms with Gasteiger partial charge in [-0.05, 0) is 39.1 Å². The van der Waals surface area contributed by atoms with Crippen LogP contribution in [-0.2, 0) is 19.7 Å². The van der Waals surface area contributed by atoms with Crippen LogP contribution in [0.4, 0.5) is 5.69 Å². The van der Waals surface area contributed by atoms with E-state index >= 15 is 0 Å². The van der Waals surface area contributed by atoms with E-state index in [1.165, 1.54) is 31.3 Å². The molecule has 0 aliphatic rings. The van der Waals surface area contributed by atoms with Gasteiger partial charge >= 0.3 is 70.8 Å². The zero-order valence-corrected chi connectivity index (χ0v) is 24.9. The zero-order chi connectivity index (χ0) is 21.8. The molecule has 1 aromatic rings. The molecule has 0 bridgehead atoms. The second-order valence-corrected chi connectivity index (χ2v) is 41.9. The summed E-state index contributed by atoms with van der Waals surface area (Å²) in [7, 11) is 0.372. The van der Waals surface area contributed by atoms with Crippen molar-refractivity contribution in [3.63, 3.8) is 0 Å². The first-order valence-electron chi connectivity index (χ1n) is 7.65. The number of hydrazone groups is 1. The van der Waals surface area contributed by atoms with E-state index in [9.17, 15) is 13.2 Å². The van der Waals surface area contributed by atoms with Crippen molar-refractivity contribution >= 4 is 87.3 Å². The van der Waals surface area contributed by atoms with Crippen LogP contribution < -0.4 is 9.73 Å². The van der Waals surface area contributed by atoms with Gasteiger partial charge in [-0.1, -0.05) is 13.8 Å². The van der Waals surface area contributed by atoms with Crippen molar-refractivity contribution in [3.05, 3.63) is 23.8 Å². The number of carbonyl (C=O) groups excluding carboxylic acids is 1. The summed E-state index contributed by atoms with van der Waals surface area (Å²) in [5.74, 6) is -0.715. The van der Waals surface area contributed by atoms with Crippen LogP contribution in [0.15, 0.2) is 28.2 Å². The molecule has 0 radical (unpaired) electrons. The number of carbonyl (C=O) groups is 1. The monoisotopic (exact) mass is 775 g/mol. The van der Waals surface area contributed by atoms with E-state index in [0.29, 0.717) is 5.69 Å². The Kier molecular flexibility index (Phi) is 17.4. The number of ether oxygens (including phenoxy) is 1. The van der Waals surface area contributed by atoms with Crippen LogP contribution in [0.3, 0.4) is 0 Å². The van der Waals surface area contributed by atoms with Gasteiger partial charge in [0.05, 0.1) is 23.3 Å². The Morgan fingerprint density at radius 3 is 2.07 bits per heavy atom. The van der Waals surface area contributed by atoms with E-state index in [2.05, 4.69) is 74.5 Å². The van der Waals surface area contributed by atoms with Crippen molar-refractivity contribution in [2.45, 2.75) is 32.6 Å². The third kappa shape index (κ3) is 12.2. The molecule has 0 aromatic heterocycles. The van der Waals surface area contributed by atoms with Crippen LogP contribution >= 0.6 is 59.9 Å². The minimum absolute atomic E-state index is 0.0267. The number of benzene rings is 1. The van der Waals surface area contributed by atoms with Gasteiger partial charge in [-0.2, -0.15) is 5.10 Å². The molecule has 0 amide bonds. The molecule has 156 valence electrons. The molecule has 12 heteroatoms. The predicted octanol–water partition coefficient (Wildman–Crippen LogP) is 4.89. The molecule has 27 heavy (non-hydrogen) atoms. The third-order valence-corrected chi connectivity index (χ3v) is 4.11. The maximum absolute atomic E-state index is 12.1. The standard InChI is InChI=1S/C13H19N3O4S.C2H6.3HI.V/c1-9(2)15-16(4)10-6-7-11(13(17)20-5)12(8-10)21(18,19)14-3;1-2;;;;/h6-8,14H,1-5H3;1-2H3;3*1H;/q;;;;;+3/p-3. The van der Waals surface area contributed by atoms with E-state index in [4.69, 9.17) is 0 Å². The van der Waals surface area contributed by atoms with E-state index in [-0.39, 0.29) is 15.4 Å². The quantitative estimate of drug-likeness (QED) is 0.199. The Hall–Kier alpha value is 0.844. The Morgan fingerprint density at radius 2 is 1.70 bits per heavy atom. The number of hydrogen-bond acceptors (Lipinski definition) is 6. The van der Waals surface area contributed by atoms with E-state index in [1.54, 1.807) is 13.1 Å². The van der Waals surface area contributed by atoms with Gasteiger partial charge in [-0.25, -0.2) is 17.9 Å². The van der Waals surface area contributed by atoms with Gasteiger partial charge in [0, 0.05) is 12.8 Å². The second kappa shape index (κ2) is 15.7. The molecule has 0 heterocycles. The summed E-state index contributed by atoms with van der Waals surface area (Å²) < 4.78 is 30.9. The van der Waals surface area contributed by atoms with Crippen LogP contribution in [0.25, 0.3) is 0 Å². The molecule has 0 spiro atoms. The summed E-state index contributed by atoms with van der Waals surface area (Å²) in [6, 6.07) is 4.39. The van der Waals surface area contributed by atoms with Crippen molar-refractivity contribution in [3.8, 4) is 0 Å². The Morgan fingerprint density at radius 1 is 1.22 bits per heavy atom. The summed E-state index contributed by atoms with van der Waals surface area (Å²) >= 11 is 7.39. The second-order valence-electron chi connectivity index (χ2n) is 4.64. The Labute approximate surface area is 200 Å². The number of sulfonamides is 1. The zero-order valence-electron chi connectivity index (χ0n) is 16.2. The molecule has 1 rings (SSSR count). The molecule has 0 fully saturated rings. The van der Waals surface area contributed by atoms with Gasteiger partial charge in [0.25, 0.3) is 0 Å². The fourth-order valence-corrected chi connectivity index (χ4v) is 2.62. The summed E-state index contributed by atoms with van der Waals surface area (Å²) in [6.45, 7) is 7.65. The van der Waals surface area contributed by atoms with Crippen LogP contribution in [0.2, 0.25) is 0 Å². The Bertz CT molecular complexity index is 724. The first-order chi connectivity index (χ1) is 12.5. The molecule has 1 aromatic carbocycles. The van der Waals surface area contributed by atoms with Crippen LogP contribution in [-0.4, -0.2) is 41.3 Å². The van der Waals surface area contributed by atoms with Crippen LogP contribution in [0.1, 0.15) is 38.1 Å². The van der Waals surface area contributed by atoms with E-state index < -0.39 is 16.0 Å². The number of esters is 1. The van der Waals surface area contributed by atoms with Crippen LogP contribution in [0, 0.1) is 0 Å².